The molecule has 0 spiro atoms. The topological polar surface area (TPSA) is 68.5 Å². The fourth-order valence-electron chi connectivity index (χ4n) is 3.22. The number of amides is 1. The zero-order chi connectivity index (χ0) is 16.1. The first-order valence-corrected chi connectivity index (χ1v) is 7.46. The van der Waals surface area contributed by atoms with Crippen LogP contribution in [0, 0.1) is 12.3 Å². The van der Waals surface area contributed by atoms with Gasteiger partial charge in [0.2, 0.25) is 0 Å². The summed E-state index contributed by atoms with van der Waals surface area (Å²) < 4.78 is 7.24. The third-order valence-electron chi connectivity index (χ3n) is 5.38. The van der Waals surface area contributed by atoms with E-state index in [1.54, 1.807) is 30.1 Å². The Balaban J connectivity index is 1.85. The molecular weight excluding hydrogens is 280 g/mol. The molecule has 1 N–H and O–H groups in total. The number of rotatable bonds is 3. The number of aryl methyl sites for hydroxylation is 1. The number of aromatic nitrogens is 3. The maximum Gasteiger partial charge on any atom is 0.257 e. The van der Waals surface area contributed by atoms with Crippen LogP contribution in [0.25, 0.3) is 5.65 Å². The molecule has 1 amide bonds. The van der Waals surface area contributed by atoms with Crippen molar-refractivity contribution in [3.8, 4) is 0 Å². The number of carbonyl (C=O) groups excluding carboxylic acids is 1. The second-order valence-electron chi connectivity index (χ2n) is 6.74. The SMILES string of the molecule is CO[C@]1(C)C[C@@H](NC(=O)c2c(C)nn3cccnc23)C1(C)C. The van der Waals surface area contributed by atoms with Crippen molar-refractivity contribution in [1.82, 2.24) is 19.9 Å². The zero-order valence-electron chi connectivity index (χ0n) is 13.7. The highest BCUT2D eigenvalue weighted by atomic mass is 16.5. The molecule has 0 unspecified atom stereocenters. The summed E-state index contributed by atoms with van der Waals surface area (Å²) in [5.74, 6) is -0.123. The summed E-state index contributed by atoms with van der Waals surface area (Å²) in [5, 5.41) is 7.45. The van der Waals surface area contributed by atoms with Crippen molar-refractivity contribution in [3.05, 3.63) is 29.7 Å². The lowest BCUT2D eigenvalue weighted by Crippen LogP contribution is -2.68. The molecule has 0 aliphatic heterocycles. The van der Waals surface area contributed by atoms with Crippen LogP contribution >= 0.6 is 0 Å². The fourth-order valence-corrected chi connectivity index (χ4v) is 3.22. The standard InChI is InChI=1S/C16H22N4O2/c1-10-12(13-17-7-6-8-20(13)19-10)14(21)18-11-9-16(4,22-5)15(11,2)3/h6-8,11H,9H2,1-5H3,(H,18,21)/t11-,16-/m1/s1. The van der Waals surface area contributed by atoms with E-state index in [-0.39, 0.29) is 23.0 Å². The average molecular weight is 302 g/mol. The smallest absolute Gasteiger partial charge is 0.257 e. The van der Waals surface area contributed by atoms with E-state index in [0.29, 0.717) is 16.9 Å². The Morgan fingerprint density at radius 3 is 2.82 bits per heavy atom. The lowest BCUT2D eigenvalue weighted by Gasteiger charge is -2.59. The van der Waals surface area contributed by atoms with Crippen LogP contribution in [0.3, 0.4) is 0 Å². The van der Waals surface area contributed by atoms with Gasteiger partial charge in [0.1, 0.15) is 5.56 Å². The highest BCUT2D eigenvalue weighted by Crippen LogP contribution is 2.51. The number of ether oxygens (including phenoxy) is 1. The molecule has 3 rings (SSSR count). The Hall–Kier alpha value is -1.95. The first kappa shape index (κ1) is 15.0. The molecule has 2 aromatic heterocycles. The van der Waals surface area contributed by atoms with E-state index in [2.05, 4.69) is 36.2 Å². The molecule has 6 heteroatoms. The minimum atomic E-state index is -0.209. The summed E-state index contributed by atoms with van der Waals surface area (Å²) in [6, 6.07) is 1.86. The molecule has 22 heavy (non-hydrogen) atoms. The van der Waals surface area contributed by atoms with Crippen molar-refractivity contribution in [1.29, 1.82) is 0 Å². The zero-order valence-corrected chi connectivity index (χ0v) is 13.7. The lowest BCUT2D eigenvalue weighted by molar-refractivity contribution is -0.177. The highest BCUT2D eigenvalue weighted by molar-refractivity contribution is 6.01. The average Bonchev–Trinajstić information content (AvgIpc) is 2.82. The van der Waals surface area contributed by atoms with Crippen molar-refractivity contribution in [2.24, 2.45) is 5.41 Å². The van der Waals surface area contributed by atoms with Gasteiger partial charge in [-0.15, -0.1) is 0 Å². The summed E-state index contributed by atoms with van der Waals surface area (Å²) in [4.78, 5) is 17.0. The van der Waals surface area contributed by atoms with Crippen LogP contribution in [0.5, 0.6) is 0 Å². The quantitative estimate of drug-likeness (QED) is 0.941. The number of hydrogen-bond acceptors (Lipinski definition) is 4. The predicted molar refractivity (Wildman–Crippen MR) is 82.8 cm³/mol. The second kappa shape index (κ2) is 4.78. The summed E-state index contributed by atoms with van der Waals surface area (Å²) in [6.07, 6.45) is 4.26. The number of methoxy groups -OCH3 is 1. The summed E-state index contributed by atoms with van der Waals surface area (Å²) in [7, 11) is 1.72. The number of hydrogen-bond donors (Lipinski definition) is 1. The van der Waals surface area contributed by atoms with Gasteiger partial charge >= 0.3 is 0 Å². The van der Waals surface area contributed by atoms with Crippen LogP contribution in [-0.4, -0.2) is 39.3 Å². The Morgan fingerprint density at radius 2 is 2.18 bits per heavy atom. The van der Waals surface area contributed by atoms with Crippen molar-refractivity contribution in [3.63, 3.8) is 0 Å². The molecular formula is C16H22N4O2. The maximum absolute atomic E-state index is 12.7. The Labute approximate surface area is 129 Å². The van der Waals surface area contributed by atoms with E-state index in [9.17, 15) is 4.79 Å². The molecule has 1 aliphatic carbocycles. The largest absolute Gasteiger partial charge is 0.378 e. The molecule has 2 atom stereocenters. The fraction of sp³-hybridized carbons (Fsp3) is 0.562. The lowest BCUT2D eigenvalue weighted by atomic mass is 9.56. The van der Waals surface area contributed by atoms with E-state index < -0.39 is 0 Å². The van der Waals surface area contributed by atoms with Crippen LogP contribution in [0.15, 0.2) is 18.5 Å². The number of carbonyl (C=O) groups is 1. The van der Waals surface area contributed by atoms with E-state index in [1.807, 2.05) is 6.92 Å². The Morgan fingerprint density at radius 1 is 1.45 bits per heavy atom. The van der Waals surface area contributed by atoms with Crippen molar-refractivity contribution >= 4 is 11.6 Å². The van der Waals surface area contributed by atoms with Crippen LogP contribution in [0.2, 0.25) is 0 Å². The molecule has 0 aromatic carbocycles. The number of nitrogens with zero attached hydrogens (tertiary/aromatic N) is 3. The summed E-state index contributed by atoms with van der Waals surface area (Å²) >= 11 is 0. The minimum absolute atomic E-state index is 0.0722. The van der Waals surface area contributed by atoms with Crippen LogP contribution in [-0.2, 0) is 4.74 Å². The monoisotopic (exact) mass is 302 g/mol. The number of fused-ring (bicyclic) bond motifs is 1. The van der Waals surface area contributed by atoms with Gasteiger partial charge in [0.05, 0.1) is 11.3 Å². The van der Waals surface area contributed by atoms with Crippen LogP contribution in [0.4, 0.5) is 0 Å². The first-order valence-electron chi connectivity index (χ1n) is 7.46. The third kappa shape index (κ3) is 1.94. The normalized spacial score (nSPS) is 26.7. The molecule has 0 bridgehead atoms. The van der Waals surface area contributed by atoms with Gasteiger partial charge in [-0.25, -0.2) is 9.50 Å². The summed E-state index contributed by atoms with van der Waals surface area (Å²) in [6.45, 7) is 8.14. The predicted octanol–water partition coefficient (Wildman–Crippen LogP) is 1.97. The van der Waals surface area contributed by atoms with Crippen molar-refractivity contribution < 1.29 is 9.53 Å². The molecule has 1 saturated carbocycles. The molecule has 6 nitrogen and oxygen atoms in total. The molecule has 0 saturated heterocycles. The van der Waals surface area contributed by atoms with Gasteiger partial charge in [0.15, 0.2) is 5.65 Å². The van der Waals surface area contributed by atoms with Gasteiger partial charge in [-0.2, -0.15) is 5.10 Å². The van der Waals surface area contributed by atoms with Gasteiger partial charge < -0.3 is 10.1 Å². The molecule has 0 radical (unpaired) electrons. The van der Waals surface area contributed by atoms with Gasteiger partial charge in [0, 0.05) is 31.0 Å². The molecule has 2 heterocycles. The van der Waals surface area contributed by atoms with E-state index in [1.165, 1.54) is 0 Å². The van der Waals surface area contributed by atoms with E-state index in [4.69, 9.17) is 4.74 Å². The Kier molecular flexibility index (Phi) is 3.25. The first-order chi connectivity index (χ1) is 10.3. The number of nitrogens with one attached hydrogen (secondary N) is 1. The van der Waals surface area contributed by atoms with Crippen molar-refractivity contribution in [2.45, 2.75) is 45.8 Å². The maximum atomic E-state index is 12.7. The molecule has 2 aromatic rings. The van der Waals surface area contributed by atoms with Crippen LogP contribution in [0.1, 0.15) is 43.2 Å². The van der Waals surface area contributed by atoms with Crippen LogP contribution < -0.4 is 5.32 Å². The summed E-state index contributed by atoms with van der Waals surface area (Å²) in [5.41, 5.74) is 1.48. The Bertz CT molecular complexity index is 737. The van der Waals surface area contributed by atoms with Crippen molar-refractivity contribution in [2.75, 3.05) is 7.11 Å². The molecule has 1 fully saturated rings. The highest BCUT2D eigenvalue weighted by Gasteiger charge is 2.58. The van der Waals surface area contributed by atoms with E-state index in [0.717, 1.165) is 6.42 Å². The van der Waals surface area contributed by atoms with Gasteiger partial charge in [-0.3, -0.25) is 4.79 Å². The molecule has 1 aliphatic rings. The van der Waals surface area contributed by atoms with Gasteiger partial charge in [-0.1, -0.05) is 13.8 Å². The van der Waals surface area contributed by atoms with Gasteiger partial charge in [-0.05, 0) is 26.3 Å². The minimum Gasteiger partial charge on any atom is -0.378 e. The van der Waals surface area contributed by atoms with E-state index >= 15 is 0 Å². The molecule has 118 valence electrons. The van der Waals surface area contributed by atoms with Gasteiger partial charge in [0.25, 0.3) is 5.91 Å². The second-order valence-corrected chi connectivity index (χ2v) is 6.74. The third-order valence-corrected chi connectivity index (χ3v) is 5.38.